The average molecular weight is 244 g/mol. The van der Waals surface area contributed by atoms with Crippen LogP contribution < -0.4 is 5.32 Å². The molecule has 18 heavy (non-hydrogen) atoms. The number of anilines is 1. The van der Waals surface area contributed by atoms with Gasteiger partial charge in [0.1, 0.15) is 11.9 Å². The number of hydrogen-bond donors (Lipinski definition) is 1. The molecule has 2 aromatic rings. The zero-order valence-corrected chi connectivity index (χ0v) is 10.0. The second-order valence-electron chi connectivity index (χ2n) is 4.00. The predicted molar refractivity (Wildman–Crippen MR) is 66.5 cm³/mol. The summed E-state index contributed by atoms with van der Waals surface area (Å²) in [6.07, 6.45) is 4.55. The van der Waals surface area contributed by atoms with E-state index in [9.17, 15) is 4.39 Å². The lowest BCUT2D eigenvalue weighted by atomic mass is 10.2. The fourth-order valence-corrected chi connectivity index (χ4v) is 1.71. The van der Waals surface area contributed by atoms with E-state index in [0.717, 1.165) is 12.0 Å². The third kappa shape index (κ3) is 2.86. The molecule has 0 unspecified atom stereocenters. The van der Waals surface area contributed by atoms with Crippen LogP contribution in [0.15, 0.2) is 30.6 Å². The molecule has 1 aromatic carbocycles. The van der Waals surface area contributed by atoms with Crippen molar-refractivity contribution in [1.29, 1.82) is 5.26 Å². The number of nitrogens with one attached hydrogen (secondary N) is 1. The van der Waals surface area contributed by atoms with Crippen LogP contribution in [0.4, 0.5) is 10.1 Å². The first kappa shape index (κ1) is 12.1. The van der Waals surface area contributed by atoms with Crippen LogP contribution in [0.25, 0.3) is 0 Å². The SMILES string of the molecule is Cn1cc(CCNc2ccc(F)cc2C#N)cn1. The molecule has 0 saturated heterocycles. The number of aromatic nitrogens is 2. The maximum absolute atomic E-state index is 12.9. The predicted octanol–water partition coefficient (Wildman–Crippen LogP) is 2.09. The molecular weight excluding hydrogens is 231 g/mol. The van der Waals surface area contributed by atoms with Gasteiger partial charge in [0.15, 0.2) is 0 Å². The van der Waals surface area contributed by atoms with E-state index in [1.165, 1.54) is 12.1 Å². The maximum atomic E-state index is 12.9. The maximum Gasteiger partial charge on any atom is 0.124 e. The van der Waals surface area contributed by atoms with Gasteiger partial charge < -0.3 is 5.32 Å². The first-order chi connectivity index (χ1) is 8.69. The van der Waals surface area contributed by atoms with Gasteiger partial charge >= 0.3 is 0 Å². The molecule has 0 spiro atoms. The van der Waals surface area contributed by atoms with Crippen molar-refractivity contribution in [3.05, 3.63) is 47.5 Å². The smallest absolute Gasteiger partial charge is 0.124 e. The summed E-state index contributed by atoms with van der Waals surface area (Å²) >= 11 is 0. The Morgan fingerprint density at radius 1 is 1.50 bits per heavy atom. The normalized spacial score (nSPS) is 10.1. The van der Waals surface area contributed by atoms with Crippen molar-refractivity contribution < 1.29 is 4.39 Å². The molecule has 5 heteroatoms. The Kier molecular flexibility index (Phi) is 3.58. The van der Waals surface area contributed by atoms with E-state index >= 15 is 0 Å². The van der Waals surface area contributed by atoms with Gasteiger partial charge in [-0.1, -0.05) is 0 Å². The Bertz CT molecular complexity index is 583. The van der Waals surface area contributed by atoms with Gasteiger partial charge in [0.05, 0.1) is 17.4 Å². The monoisotopic (exact) mass is 244 g/mol. The minimum absolute atomic E-state index is 0.321. The number of nitriles is 1. The number of nitrogens with zero attached hydrogens (tertiary/aromatic N) is 3. The molecule has 0 aliphatic carbocycles. The summed E-state index contributed by atoms with van der Waals surface area (Å²) in [6, 6.07) is 6.12. The summed E-state index contributed by atoms with van der Waals surface area (Å²) in [4.78, 5) is 0. The van der Waals surface area contributed by atoms with E-state index in [2.05, 4.69) is 10.4 Å². The molecule has 1 N–H and O–H groups in total. The van der Waals surface area contributed by atoms with Crippen LogP contribution in [0.5, 0.6) is 0 Å². The lowest BCUT2D eigenvalue weighted by Gasteiger charge is -2.07. The summed E-state index contributed by atoms with van der Waals surface area (Å²) < 4.78 is 14.7. The molecule has 0 radical (unpaired) electrons. The Morgan fingerprint density at radius 3 is 3.00 bits per heavy atom. The molecule has 0 amide bonds. The number of halogens is 1. The summed E-state index contributed by atoms with van der Waals surface area (Å²) in [6.45, 7) is 0.673. The summed E-state index contributed by atoms with van der Waals surface area (Å²) in [5.74, 6) is -0.399. The summed E-state index contributed by atoms with van der Waals surface area (Å²) in [7, 11) is 1.87. The average Bonchev–Trinajstić information content (AvgIpc) is 2.77. The van der Waals surface area contributed by atoms with E-state index in [1.54, 1.807) is 16.9 Å². The van der Waals surface area contributed by atoms with Crippen molar-refractivity contribution in [2.24, 2.45) is 7.05 Å². The largest absolute Gasteiger partial charge is 0.384 e. The van der Waals surface area contributed by atoms with Crippen molar-refractivity contribution in [2.75, 3.05) is 11.9 Å². The van der Waals surface area contributed by atoms with Crippen LogP contribution in [-0.4, -0.2) is 16.3 Å². The van der Waals surface area contributed by atoms with E-state index in [0.29, 0.717) is 17.8 Å². The standard InChI is InChI=1S/C13H13FN4/c1-18-9-10(8-17-18)4-5-16-13-3-2-12(14)6-11(13)7-15/h2-3,6,8-9,16H,4-5H2,1H3. The van der Waals surface area contributed by atoms with Crippen LogP contribution in [-0.2, 0) is 13.5 Å². The molecule has 0 aliphatic rings. The second-order valence-corrected chi connectivity index (χ2v) is 4.00. The van der Waals surface area contributed by atoms with Crippen LogP contribution in [0.1, 0.15) is 11.1 Å². The van der Waals surface area contributed by atoms with Gasteiger partial charge in [-0.05, 0) is 30.2 Å². The van der Waals surface area contributed by atoms with Crippen molar-refractivity contribution in [1.82, 2.24) is 9.78 Å². The lowest BCUT2D eigenvalue weighted by molar-refractivity contribution is 0.627. The molecular formula is C13H13FN4. The highest BCUT2D eigenvalue weighted by molar-refractivity contribution is 5.57. The zero-order chi connectivity index (χ0) is 13.0. The fourth-order valence-electron chi connectivity index (χ4n) is 1.71. The highest BCUT2D eigenvalue weighted by atomic mass is 19.1. The Labute approximate surface area is 105 Å². The first-order valence-corrected chi connectivity index (χ1v) is 5.60. The van der Waals surface area contributed by atoms with E-state index < -0.39 is 5.82 Å². The zero-order valence-electron chi connectivity index (χ0n) is 10.0. The van der Waals surface area contributed by atoms with Crippen LogP contribution in [0.3, 0.4) is 0 Å². The quantitative estimate of drug-likeness (QED) is 0.896. The molecule has 2 rings (SSSR count). The van der Waals surface area contributed by atoms with Crippen molar-refractivity contribution >= 4 is 5.69 Å². The van der Waals surface area contributed by atoms with Gasteiger partial charge in [0.25, 0.3) is 0 Å². The Morgan fingerprint density at radius 2 is 2.33 bits per heavy atom. The van der Waals surface area contributed by atoms with Crippen molar-refractivity contribution in [2.45, 2.75) is 6.42 Å². The molecule has 0 aliphatic heterocycles. The number of hydrogen-bond acceptors (Lipinski definition) is 3. The summed E-state index contributed by atoms with van der Waals surface area (Å²) in [5, 5.41) is 16.1. The van der Waals surface area contributed by atoms with E-state index in [1.807, 2.05) is 19.3 Å². The van der Waals surface area contributed by atoms with Crippen LogP contribution in [0, 0.1) is 17.1 Å². The number of benzene rings is 1. The topological polar surface area (TPSA) is 53.6 Å². The van der Waals surface area contributed by atoms with Gasteiger partial charge in [-0.2, -0.15) is 10.4 Å². The Balaban J connectivity index is 1.96. The van der Waals surface area contributed by atoms with Crippen LogP contribution >= 0.6 is 0 Å². The van der Waals surface area contributed by atoms with Gasteiger partial charge in [-0.25, -0.2) is 4.39 Å². The minimum atomic E-state index is -0.399. The van der Waals surface area contributed by atoms with E-state index in [-0.39, 0.29) is 0 Å². The lowest BCUT2D eigenvalue weighted by Crippen LogP contribution is -2.06. The third-order valence-corrected chi connectivity index (χ3v) is 2.59. The third-order valence-electron chi connectivity index (χ3n) is 2.59. The minimum Gasteiger partial charge on any atom is -0.384 e. The van der Waals surface area contributed by atoms with E-state index in [4.69, 9.17) is 5.26 Å². The molecule has 1 heterocycles. The fraction of sp³-hybridized carbons (Fsp3) is 0.231. The second kappa shape index (κ2) is 5.32. The highest BCUT2D eigenvalue weighted by Gasteiger charge is 2.03. The number of aryl methyl sites for hydroxylation is 1. The van der Waals surface area contributed by atoms with Crippen molar-refractivity contribution in [3.63, 3.8) is 0 Å². The molecule has 0 fully saturated rings. The van der Waals surface area contributed by atoms with Gasteiger partial charge in [0.2, 0.25) is 0 Å². The molecule has 0 bridgehead atoms. The molecule has 4 nitrogen and oxygen atoms in total. The van der Waals surface area contributed by atoms with Crippen LogP contribution in [0.2, 0.25) is 0 Å². The van der Waals surface area contributed by atoms with Crippen molar-refractivity contribution in [3.8, 4) is 6.07 Å². The van der Waals surface area contributed by atoms with Gasteiger partial charge in [-0.3, -0.25) is 4.68 Å². The Hall–Kier alpha value is -2.35. The van der Waals surface area contributed by atoms with Gasteiger partial charge in [0, 0.05) is 19.8 Å². The molecule has 0 atom stereocenters. The summed E-state index contributed by atoms with van der Waals surface area (Å²) in [5.41, 5.74) is 2.09. The first-order valence-electron chi connectivity index (χ1n) is 5.60. The van der Waals surface area contributed by atoms with Gasteiger partial charge in [-0.15, -0.1) is 0 Å². The molecule has 92 valence electrons. The molecule has 0 saturated carbocycles. The molecule has 1 aromatic heterocycles. The highest BCUT2D eigenvalue weighted by Crippen LogP contribution is 2.15. The number of rotatable bonds is 4.